The largest absolute Gasteiger partial charge is 0.381 e. The first-order valence-corrected chi connectivity index (χ1v) is 11.0. The molecular formula is C23H18ClN5OS. The molecule has 154 valence electrons. The van der Waals surface area contributed by atoms with E-state index in [1.54, 1.807) is 6.20 Å². The predicted octanol–water partition coefficient (Wildman–Crippen LogP) is 4.58. The van der Waals surface area contributed by atoms with Gasteiger partial charge in [0.1, 0.15) is 5.03 Å². The molecule has 1 saturated heterocycles. The second-order valence-corrected chi connectivity index (χ2v) is 8.95. The molecule has 1 fully saturated rings. The van der Waals surface area contributed by atoms with E-state index in [-0.39, 0.29) is 11.2 Å². The molecular weight excluding hydrogens is 430 g/mol. The van der Waals surface area contributed by atoms with Crippen LogP contribution in [-0.4, -0.2) is 32.7 Å². The summed E-state index contributed by atoms with van der Waals surface area (Å²) in [5, 5.41) is 5.00. The van der Waals surface area contributed by atoms with Gasteiger partial charge in [-0.25, -0.2) is 9.97 Å². The molecule has 8 heteroatoms. The van der Waals surface area contributed by atoms with Gasteiger partial charge in [0.05, 0.1) is 21.9 Å². The van der Waals surface area contributed by atoms with Crippen molar-refractivity contribution in [3.63, 3.8) is 0 Å². The number of amides is 1. The smallest absolute Gasteiger partial charge is 0.221 e. The van der Waals surface area contributed by atoms with Gasteiger partial charge in [0, 0.05) is 40.9 Å². The summed E-state index contributed by atoms with van der Waals surface area (Å²) in [6.45, 7) is 0.591. The monoisotopic (exact) mass is 447 g/mol. The van der Waals surface area contributed by atoms with Crippen LogP contribution in [-0.2, 0) is 4.79 Å². The highest BCUT2D eigenvalue weighted by molar-refractivity contribution is 8.00. The van der Waals surface area contributed by atoms with Gasteiger partial charge in [-0.3, -0.25) is 9.78 Å². The van der Waals surface area contributed by atoms with Crippen LogP contribution in [0.25, 0.3) is 33.4 Å². The van der Waals surface area contributed by atoms with Gasteiger partial charge in [0.15, 0.2) is 5.82 Å². The minimum Gasteiger partial charge on any atom is -0.381 e. The van der Waals surface area contributed by atoms with Gasteiger partial charge in [0.25, 0.3) is 0 Å². The summed E-state index contributed by atoms with van der Waals surface area (Å²) in [6, 6.07) is 17.5. The van der Waals surface area contributed by atoms with Crippen molar-refractivity contribution in [1.82, 2.24) is 20.3 Å². The second kappa shape index (κ2) is 8.17. The highest BCUT2D eigenvalue weighted by Gasteiger charge is 2.25. The highest BCUT2D eigenvalue weighted by Crippen LogP contribution is 2.38. The minimum absolute atomic E-state index is 0.0407. The zero-order valence-corrected chi connectivity index (χ0v) is 18.0. The van der Waals surface area contributed by atoms with Gasteiger partial charge in [0.2, 0.25) is 5.91 Å². The van der Waals surface area contributed by atoms with E-state index in [0.29, 0.717) is 40.2 Å². The maximum atomic E-state index is 11.6. The molecule has 6 nitrogen and oxygen atoms in total. The van der Waals surface area contributed by atoms with Crippen molar-refractivity contribution in [2.24, 2.45) is 0 Å². The quantitative estimate of drug-likeness (QED) is 0.475. The average molecular weight is 448 g/mol. The number of carbonyl (C=O) groups excluding carboxylic acids is 1. The molecule has 1 atom stereocenters. The molecule has 3 heterocycles. The standard InChI is InChI=1S/C23H18ClN5OS/c24-17-10-15(9-14-7-4-8-26-19(14)17)21-20(13-5-2-1-3-6-13)28-22(25)23(29-21)31-16-11-18(30)27-12-16/h1-10,16H,11-12H2,(H2,25,28)(H,27,30). The van der Waals surface area contributed by atoms with Crippen LogP contribution in [0, 0.1) is 0 Å². The van der Waals surface area contributed by atoms with Crippen LogP contribution in [0.3, 0.4) is 0 Å². The zero-order valence-electron chi connectivity index (χ0n) is 16.4. The first-order chi connectivity index (χ1) is 15.1. The van der Waals surface area contributed by atoms with Crippen molar-refractivity contribution in [2.75, 3.05) is 12.3 Å². The molecule has 1 aliphatic rings. The maximum Gasteiger partial charge on any atom is 0.221 e. The molecule has 0 spiro atoms. The molecule has 1 unspecified atom stereocenters. The summed E-state index contributed by atoms with van der Waals surface area (Å²) in [6.07, 6.45) is 2.16. The lowest BCUT2D eigenvalue weighted by atomic mass is 10.0. The second-order valence-electron chi connectivity index (χ2n) is 7.26. The van der Waals surface area contributed by atoms with Crippen LogP contribution in [0.15, 0.2) is 65.8 Å². The number of thioether (sulfide) groups is 1. The number of rotatable bonds is 4. The number of nitrogen functional groups attached to an aromatic ring is 1. The van der Waals surface area contributed by atoms with E-state index < -0.39 is 0 Å². The van der Waals surface area contributed by atoms with Gasteiger partial charge in [-0.2, -0.15) is 0 Å². The number of carbonyl (C=O) groups is 1. The van der Waals surface area contributed by atoms with Crippen LogP contribution < -0.4 is 11.1 Å². The van der Waals surface area contributed by atoms with E-state index in [2.05, 4.69) is 10.3 Å². The molecule has 0 bridgehead atoms. The molecule has 1 aliphatic heterocycles. The fraction of sp³-hybridized carbons (Fsp3) is 0.130. The van der Waals surface area contributed by atoms with E-state index >= 15 is 0 Å². The Kier molecular flexibility index (Phi) is 5.21. The third-order valence-electron chi connectivity index (χ3n) is 5.09. The van der Waals surface area contributed by atoms with Crippen LogP contribution in [0.4, 0.5) is 5.82 Å². The topological polar surface area (TPSA) is 93.8 Å². The lowest BCUT2D eigenvalue weighted by molar-refractivity contribution is -0.119. The Labute approximate surface area is 188 Å². The molecule has 31 heavy (non-hydrogen) atoms. The fourth-order valence-electron chi connectivity index (χ4n) is 3.62. The molecule has 0 radical (unpaired) electrons. The van der Waals surface area contributed by atoms with E-state index in [1.807, 2.05) is 54.6 Å². The Morgan fingerprint density at radius 1 is 1.03 bits per heavy atom. The van der Waals surface area contributed by atoms with Crippen LogP contribution in [0.1, 0.15) is 6.42 Å². The Balaban J connectivity index is 1.68. The van der Waals surface area contributed by atoms with Crippen molar-refractivity contribution in [2.45, 2.75) is 16.7 Å². The molecule has 1 amide bonds. The summed E-state index contributed by atoms with van der Waals surface area (Å²) in [4.78, 5) is 25.6. The number of nitrogens with one attached hydrogen (secondary N) is 1. The first kappa shape index (κ1) is 19.8. The number of halogens is 1. The number of hydrogen-bond donors (Lipinski definition) is 2. The van der Waals surface area contributed by atoms with Crippen molar-refractivity contribution < 1.29 is 4.79 Å². The normalized spacial score (nSPS) is 15.9. The number of pyridine rings is 1. The predicted molar refractivity (Wildman–Crippen MR) is 125 cm³/mol. The Morgan fingerprint density at radius 2 is 1.84 bits per heavy atom. The summed E-state index contributed by atoms with van der Waals surface area (Å²) in [7, 11) is 0. The number of benzene rings is 2. The van der Waals surface area contributed by atoms with Gasteiger partial charge in [-0.05, 0) is 18.2 Å². The van der Waals surface area contributed by atoms with Crippen LogP contribution in [0.5, 0.6) is 0 Å². The number of nitrogens with two attached hydrogens (primary N) is 1. The van der Waals surface area contributed by atoms with Crippen molar-refractivity contribution >= 4 is 46.0 Å². The van der Waals surface area contributed by atoms with Gasteiger partial charge in [-0.15, -0.1) is 0 Å². The number of fused-ring (bicyclic) bond motifs is 1. The molecule has 2 aromatic heterocycles. The Bertz CT molecular complexity index is 1300. The number of nitrogens with zero attached hydrogens (tertiary/aromatic N) is 3. The zero-order chi connectivity index (χ0) is 21.4. The molecule has 4 aromatic rings. The van der Waals surface area contributed by atoms with E-state index in [0.717, 1.165) is 22.0 Å². The lowest BCUT2D eigenvalue weighted by Gasteiger charge is -2.15. The van der Waals surface area contributed by atoms with Gasteiger partial charge < -0.3 is 11.1 Å². The van der Waals surface area contributed by atoms with Crippen LogP contribution >= 0.6 is 23.4 Å². The lowest BCUT2D eigenvalue weighted by Crippen LogP contribution is -2.14. The molecule has 0 saturated carbocycles. The number of hydrogen-bond acceptors (Lipinski definition) is 6. The molecule has 5 rings (SSSR count). The summed E-state index contributed by atoms with van der Waals surface area (Å²) in [5.74, 6) is 0.388. The number of aromatic nitrogens is 3. The third-order valence-corrected chi connectivity index (χ3v) is 6.56. The minimum atomic E-state index is 0.0407. The van der Waals surface area contributed by atoms with Crippen molar-refractivity contribution in [1.29, 1.82) is 0 Å². The molecule has 0 aliphatic carbocycles. The average Bonchev–Trinajstić information content (AvgIpc) is 3.20. The van der Waals surface area contributed by atoms with Crippen molar-refractivity contribution in [3.8, 4) is 22.5 Å². The fourth-order valence-corrected chi connectivity index (χ4v) is 4.93. The van der Waals surface area contributed by atoms with Gasteiger partial charge in [-0.1, -0.05) is 59.8 Å². The van der Waals surface area contributed by atoms with E-state index in [1.165, 1.54) is 11.8 Å². The van der Waals surface area contributed by atoms with Gasteiger partial charge >= 0.3 is 0 Å². The summed E-state index contributed by atoms with van der Waals surface area (Å²) >= 11 is 8.02. The SMILES string of the molecule is Nc1nc(-c2ccccc2)c(-c2cc(Cl)c3ncccc3c2)nc1SC1CNC(=O)C1. The first-order valence-electron chi connectivity index (χ1n) is 9.79. The van der Waals surface area contributed by atoms with Crippen molar-refractivity contribution in [3.05, 3.63) is 65.8 Å². The maximum absolute atomic E-state index is 11.6. The Hall–Kier alpha value is -3.16. The summed E-state index contributed by atoms with van der Waals surface area (Å²) in [5.41, 5.74) is 10.2. The molecule has 3 N–H and O–H groups in total. The Morgan fingerprint density at radius 3 is 2.61 bits per heavy atom. The highest BCUT2D eigenvalue weighted by atomic mass is 35.5. The van der Waals surface area contributed by atoms with Crippen LogP contribution in [0.2, 0.25) is 5.02 Å². The summed E-state index contributed by atoms with van der Waals surface area (Å²) < 4.78 is 0. The van der Waals surface area contributed by atoms with E-state index in [4.69, 9.17) is 27.3 Å². The third kappa shape index (κ3) is 3.94. The van der Waals surface area contributed by atoms with E-state index in [9.17, 15) is 4.79 Å². The number of anilines is 1. The molecule has 2 aromatic carbocycles.